The largest absolute Gasteiger partial charge is 0.330 e. The quantitative estimate of drug-likeness (QED) is 0.375. The van der Waals surface area contributed by atoms with Crippen molar-refractivity contribution in [2.75, 3.05) is 19.6 Å². The molecule has 8 heteroatoms. The Morgan fingerprint density at radius 2 is 1.91 bits per heavy atom. The summed E-state index contributed by atoms with van der Waals surface area (Å²) in [6.45, 7) is 4.61. The van der Waals surface area contributed by atoms with Gasteiger partial charge in [-0.1, -0.05) is 55.2 Å². The molecule has 34 heavy (non-hydrogen) atoms. The number of fused-ring (bicyclic) bond motifs is 1. The molecule has 178 valence electrons. The summed E-state index contributed by atoms with van der Waals surface area (Å²) in [4.78, 5) is 31.3. The molecule has 4 rings (SSSR count). The average molecular weight is 519 g/mol. The van der Waals surface area contributed by atoms with E-state index in [-0.39, 0.29) is 30.0 Å². The van der Waals surface area contributed by atoms with Crippen molar-refractivity contribution in [1.29, 1.82) is 0 Å². The summed E-state index contributed by atoms with van der Waals surface area (Å²) in [5.41, 5.74) is 1.78. The van der Waals surface area contributed by atoms with Gasteiger partial charge in [0, 0.05) is 28.0 Å². The highest BCUT2D eigenvalue weighted by molar-refractivity contribution is 7.10. The molecule has 0 saturated heterocycles. The molecule has 1 atom stereocenters. The predicted octanol–water partition coefficient (Wildman–Crippen LogP) is 6.47. The van der Waals surface area contributed by atoms with E-state index in [2.05, 4.69) is 0 Å². The second-order valence-electron chi connectivity index (χ2n) is 8.76. The number of nitrogens with zero attached hydrogens (tertiary/aromatic N) is 2. The van der Waals surface area contributed by atoms with Crippen LogP contribution >= 0.6 is 34.5 Å². The maximum absolute atomic E-state index is 14.4. The third-order valence-electron chi connectivity index (χ3n) is 5.85. The van der Waals surface area contributed by atoms with Gasteiger partial charge in [-0.3, -0.25) is 9.59 Å². The minimum Gasteiger partial charge on any atom is -0.330 e. The lowest BCUT2D eigenvalue weighted by atomic mass is 9.93. The molecule has 0 radical (unpaired) electrons. The second-order valence-corrected chi connectivity index (χ2v) is 10.6. The zero-order chi connectivity index (χ0) is 24.4. The van der Waals surface area contributed by atoms with Crippen molar-refractivity contribution in [3.8, 4) is 0 Å². The van der Waals surface area contributed by atoms with E-state index in [1.807, 2.05) is 31.4 Å². The zero-order valence-corrected chi connectivity index (χ0v) is 21.3. The number of hydrogen-bond acceptors (Lipinski definition) is 3. The first-order chi connectivity index (χ1) is 16.3. The number of hydrogen-bond donors (Lipinski definition) is 0. The van der Waals surface area contributed by atoms with Crippen LogP contribution in [-0.4, -0.2) is 41.2 Å². The molecule has 4 nitrogen and oxygen atoms in total. The van der Waals surface area contributed by atoms with E-state index >= 15 is 0 Å². The standard InChI is InChI=1S/C26H25Cl2FN2O2S/c1-16(2)14-30(26(33)19-5-3-4-6-22(19)29)15-24(32)31-11-9-23-20(10-12-34-23)25(31)18-8-7-17(27)13-21(18)28/h3-8,10,12-13,16,25H,9,11,14-15H2,1-2H3. The fourth-order valence-corrected chi connectivity index (χ4v) is 5.78. The maximum Gasteiger partial charge on any atom is 0.257 e. The minimum atomic E-state index is -0.597. The summed E-state index contributed by atoms with van der Waals surface area (Å²) in [5, 5.41) is 3.02. The lowest BCUT2D eigenvalue weighted by Gasteiger charge is -2.38. The van der Waals surface area contributed by atoms with Crippen LogP contribution in [0.25, 0.3) is 0 Å². The van der Waals surface area contributed by atoms with Crippen molar-refractivity contribution >= 4 is 46.4 Å². The van der Waals surface area contributed by atoms with Gasteiger partial charge in [0.05, 0.1) is 11.6 Å². The topological polar surface area (TPSA) is 40.6 Å². The van der Waals surface area contributed by atoms with Crippen molar-refractivity contribution in [2.24, 2.45) is 5.92 Å². The van der Waals surface area contributed by atoms with E-state index < -0.39 is 11.7 Å². The van der Waals surface area contributed by atoms with E-state index in [0.717, 1.165) is 17.5 Å². The number of benzene rings is 2. The van der Waals surface area contributed by atoms with Crippen molar-refractivity contribution < 1.29 is 14.0 Å². The van der Waals surface area contributed by atoms with Crippen LogP contribution in [0.1, 0.15) is 46.3 Å². The van der Waals surface area contributed by atoms with Crippen molar-refractivity contribution in [3.05, 3.63) is 91.3 Å². The molecule has 0 aliphatic carbocycles. The zero-order valence-electron chi connectivity index (χ0n) is 18.9. The molecule has 1 aromatic heterocycles. The average Bonchev–Trinajstić information content (AvgIpc) is 3.27. The molecular weight excluding hydrogens is 494 g/mol. The Hall–Kier alpha value is -2.41. The molecular formula is C26H25Cl2FN2O2S. The number of carbonyl (C=O) groups is 2. The number of amides is 2. The van der Waals surface area contributed by atoms with Crippen LogP contribution in [0.15, 0.2) is 53.9 Å². The molecule has 1 aliphatic heterocycles. The van der Waals surface area contributed by atoms with Crippen LogP contribution in [0.2, 0.25) is 10.0 Å². The molecule has 3 aromatic rings. The van der Waals surface area contributed by atoms with Gasteiger partial charge in [-0.2, -0.15) is 0 Å². The van der Waals surface area contributed by atoms with Crippen LogP contribution in [0.4, 0.5) is 4.39 Å². The van der Waals surface area contributed by atoms with E-state index in [4.69, 9.17) is 23.2 Å². The van der Waals surface area contributed by atoms with Gasteiger partial charge >= 0.3 is 0 Å². The van der Waals surface area contributed by atoms with Crippen LogP contribution in [0.3, 0.4) is 0 Å². The Bertz CT molecular complexity index is 1210. The summed E-state index contributed by atoms with van der Waals surface area (Å²) >= 11 is 14.3. The van der Waals surface area contributed by atoms with Crippen LogP contribution in [-0.2, 0) is 11.2 Å². The molecule has 0 fully saturated rings. The first-order valence-corrected chi connectivity index (χ1v) is 12.7. The Morgan fingerprint density at radius 3 is 2.62 bits per heavy atom. The monoisotopic (exact) mass is 518 g/mol. The molecule has 1 unspecified atom stereocenters. The van der Waals surface area contributed by atoms with Gasteiger partial charge in [0.1, 0.15) is 12.4 Å². The summed E-state index contributed by atoms with van der Waals surface area (Å²) < 4.78 is 14.4. The molecule has 0 spiro atoms. The van der Waals surface area contributed by atoms with E-state index in [1.54, 1.807) is 34.4 Å². The normalized spacial score (nSPS) is 15.4. The number of halogens is 3. The summed E-state index contributed by atoms with van der Waals surface area (Å²) in [5.74, 6) is -1.19. The van der Waals surface area contributed by atoms with Crippen LogP contribution in [0, 0.1) is 11.7 Å². The van der Waals surface area contributed by atoms with Gasteiger partial charge in [0.2, 0.25) is 5.91 Å². The van der Waals surface area contributed by atoms with Gasteiger partial charge in [0.25, 0.3) is 5.91 Å². The fraction of sp³-hybridized carbons (Fsp3) is 0.308. The third-order valence-corrected chi connectivity index (χ3v) is 7.41. The fourth-order valence-electron chi connectivity index (χ4n) is 4.36. The Labute approximate surface area is 212 Å². The SMILES string of the molecule is CC(C)CN(CC(=O)N1CCc2sccc2C1c1ccc(Cl)cc1Cl)C(=O)c1ccccc1F. The van der Waals surface area contributed by atoms with Crippen molar-refractivity contribution in [1.82, 2.24) is 9.80 Å². The molecule has 0 saturated carbocycles. The summed E-state index contributed by atoms with van der Waals surface area (Å²) in [6, 6.07) is 12.8. The van der Waals surface area contributed by atoms with E-state index in [9.17, 15) is 14.0 Å². The van der Waals surface area contributed by atoms with Gasteiger partial charge in [0.15, 0.2) is 0 Å². The molecule has 2 amide bonds. The Kier molecular flexibility index (Phi) is 7.60. The summed E-state index contributed by atoms with van der Waals surface area (Å²) in [6.07, 6.45) is 0.728. The molecule has 1 aliphatic rings. The number of carbonyl (C=O) groups excluding carboxylic acids is 2. The number of thiophene rings is 1. The van der Waals surface area contributed by atoms with E-state index in [0.29, 0.717) is 23.1 Å². The van der Waals surface area contributed by atoms with Crippen molar-refractivity contribution in [2.45, 2.75) is 26.3 Å². The molecule has 2 aromatic carbocycles. The summed E-state index contributed by atoms with van der Waals surface area (Å²) in [7, 11) is 0. The molecule has 0 bridgehead atoms. The lowest BCUT2D eigenvalue weighted by Crippen LogP contribution is -2.47. The van der Waals surface area contributed by atoms with Gasteiger partial charge in [-0.25, -0.2) is 4.39 Å². The lowest BCUT2D eigenvalue weighted by molar-refractivity contribution is -0.134. The third kappa shape index (κ3) is 5.14. The van der Waals surface area contributed by atoms with Gasteiger partial charge < -0.3 is 9.80 Å². The van der Waals surface area contributed by atoms with Crippen molar-refractivity contribution in [3.63, 3.8) is 0 Å². The second kappa shape index (κ2) is 10.5. The molecule has 2 heterocycles. The van der Waals surface area contributed by atoms with Crippen LogP contribution in [0.5, 0.6) is 0 Å². The Balaban J connectivity index is 1.66. The Morgan fingerprint density at radius 1 is 1.15 bits per heavy atom. The smallest absolute Gasteiger partial charge is 0.257 e. The highest BCUT2D eigenvalue weighted by Gasteiger charge is 2.35. The molecule has 0 N–H and O–H groups in total. The first-order valence-electron chi connectivity index (χ1n) is 11.1. The first kappa shape index (κ1) is 24.7. The highest BCUT2D eigenvalue weighted by atomic mass is 35.5. The van der Waals surface area contributed by atoms with Crippen LogP contribution < -0.4 is 0 Å². The predicted molar refractivity (Wildman–Crippen MR) is 135 cm³/mol. The van der Waals surface area contributed by atoms with Gasteiger partial charge in [-0.15, -0.1) is 11.3 Å². The minimum absolute atomic E-state index is 0.0352. The van der Waals surface area contributed by atoms with E-state index in [1.165, 1.54) is 28.0 Å². The maximum atomic E-state index is 14.4. The highest BCUT2D eigenvalue weighted by Crippen LogP contribution is 2.41. The number of rotatable bonds is 6. The van der Waals surface area contributed by atoms with Gasteiger partial charge in [-0.05, 0) is 59.2 Å².